The number of hydrogen-bond acceptors (Lipinski definition) is 3. The second-order valence-corrected chi connectivity index (χ2v) is 5.16. The monoisotopic (exact) mass is 353 g/mol. The van der Waals surface area contributed by atoms with Gasteiger partial charge < -0.3 is 14.8 Å². The molecular formula is C18H18F3NO3. The smallest absolute Gasteiger partial charge is 0.387 e. The van der Waals surface area contributed by atoms with E-state index >= 15 is 0 Å². The van der Waals surface area contributed by atoms with Gasteiger partial charge in [-0.2, -0.15) is 8.78 Å². The lowest BCUT2D eigenvalue weighted by Crippen LogP contribution is -2.32. The van der Waals surface area contributed by atoms with Crippen LogP contribution in [0.15, 0.2) is 48.5 Å². The van der Waals surface area contributed by atoms with Crippen LogP contribution in [0.25, 0.3) is 0 Å². The molecule has 134 valence electrons. The quantitative estimate of drug-likeness (QED) is 0.778. The van der Waals surface area contributed by atoms with Gasteiger partial charge in [0.25, 0.3) is 5.91 Å². The molecule has 1 amide bonds. The molecular weight excluding hydrogens is 335 g/mol. The van der Waals surface area contributed by atoms with Gasteiger partial charge in [-0.15, -0.1) is 0 Å². The zero-order chi connectivity index (χ0) is 18.2. The highest BCUT2D eigenvalue weighted by atomic mass is 19.3. The molecule has 0 aliphatic heterocycles. The molecule has 0 aromatic heterocycles. The van der Waals surface area contributed by atoms with E-state index in [1.54, 1.807) is 31.2 Å². The van der Waals surface area contributed by atoms with Crippen LogP contribution in [-0.2, 0) is 4.79 Å². The third kappa shape index (κ3) is 5.41. The topological polar surface area (TPSA) is 47.6 Å². The summed E-state index contributed by atoms with van der Waals surface area (Å²) in [6.07, 6.45) is 0.453. The molecule has 2 rings (SSSR count). The molecule has 25 heavy (non-hydrogen) atoms. The molecule has 0 aliphatic carbocycles. The molecule has 0 aliphatic rings. The Hall–Kier alpha value is -2.70. The second-order valence-electron chi connectivity index (χ2n) is 5.16. The molecule has 2 aromatic carbocycles. The molecule has 0 fully saturated rings. The van der Waals surface area contributed by atoms with Crippen molar-refractivity contribution in [3.05, 3.63) is 59.9 Å². The maximum atomic E-state index is 13.5. The maximum absolute atomic E-state index is 13.5. The molecule has 0 heterocycles. The number of carbonyl (C=O) groups is 1. The highest BCUT2D eigenvalue weighted by molar-refractivity contribution is 5.78. The van der Waals surface area contributed by atoms with Crippen molar-refractivity contribution in [3.8, 4) is 11.5 Å². The van der Waals surface area contributed by atoms with E-state index in [2.05, 4.69) is 10.1 Å². The van der Waals surface area contributed by atoms with Crippen molar-refractivity contribution < 1.29 is 27.4 Å². The van der Waals surface area contributed by atoms with Crippen LogP contribution in [0.3, 0.4) is 0 Å². The number of hydrogen-bond donors (Lipinski definition) is 1. The van der Waals surface area contributed by atoms with Crippen LogP contribution in [0.2, 0.25) is 0 Å². The van der Waals surface area contributed by atoms with Crippen molar-refractivity contribution in [3.63, 3.8) is 0 Å². The third-order valence-electron chi connectivity index (χ3n) is 3.45. The fourth-order valence-electron chi connectivity index (χ4n) is 2.31. The Morgan fingerprint density at radius 1 is 1.08 bits per heavy atom. The standard InChI is InChI=1S/C18H18F3NO3/c1-2-14(12-7-3-5-9-15(12)25-18(20)21)22-17(23)11-24-16-10-6-4-8-13(16)19/h3-10,14,18H,2,11H2,1H3,(H,22,23). The molecule has 0 bridgehead atoms. The largest absolute Gasteiger partial charge is 0.481 e. The van der Waals surface area contributed by atoms with Gasteiger partial charge in [-0.05, 0) is 24.6 Å². The summed E-state index contributed by atoms with van der Waals surface area (Å²) in [5.74, 6) is -1.10. The SMILES string of the molecule is CCC(NC(=O)COc1ccccc1F)c1ccccc1OC(F)F. The molecule has 7 heteroatoms. The number of benzene rings is 2. The summed E-state index contributed by atoms with van der Waals surface area (Å²) in [5, 5.41) is 2.68. The number of rotatable bonds is 8. The summed E-state index contributed by atoms with van der Waals surface area (Å²) in [4.78, 5) is 12.1. The van der Waals surface area contributed by atoms with E-state index in [-0.39, 0.29) is 11.5 Å². The van der Waals surface area contributed by atoms with Gasteiger partial charge in [-0.3, -0.25) is 4.79 Å². The average molecular weight is 353 g/mol. The highest BCUT2D eigenvalue weighted by Gasteiger charge is 2.19. The first-order chi connectivity index (χ1) is 12.0. The lowest BCUT2D eigenvalue weighted by Gasteiger charge is -2.20. The van der Waals surface area contributed by atoms with Gasteiger partial charge in [-0.1, -0.05) is 37.3 Å². The van der Waals surface area contributed by atoms with Crippen LogP contribution in [0.1, 0.15) is 24.9 Å². The van der Waals surface area contributed by atoms with Crippen molar-refractivity contribution in [2.45, 2.75) is 26.0 Å². The van der Waals surface area contributed by atoms with Crippen LogP contribution in [0, 0.1) is 5.82 Å². The lowest BCUT2D eigenvalue weighted by molar-refractivity contribution is -0.123. The fraction of sp³-hybridized carbons (Fsp3) is 0.278. The zero-order valence-electron chi connectivity index (χ0n) is 13.5. The van der Waals surface area contributed by atoms with E-state index in [0.29, 0.717) is 12.0 Å². The lowest BCUT2D eigenvalue weighted by atomic mass is 10.0. The second kappa shape index (κ2) is 8.96. The molecule has 4 nitrogen and oxygen atoms in total. The number of halogens is 3. The number of carbonyl (C=O) groups excluding carboxylic acids is 1. The van der Waals surface area contributed by atoms with E-state index in [1.807, 2.05) is 0 Å². The van der Waals surface area contributed by atoms with Crippen LogP contribution >= 0.6 is 0 Å². The molecule has 0 radical (unpaired) electrons. The number of para-hydroxylation sites is 2. The molecule has 1 N–H and O–H groups in total. The zero-order valence-corrected chi connectivity index (χ0v) is 13.5. The molecule has 0 spiro atoms. The summed E-state index contributed by atoms with van der Waals surface area (Å²) >= 11 is 0. The molecule has 2 aromatic rings. The van der Waals surface area contributed by atoms with E-state index in [1.165, 1.54) is 24.3 Å². The Kier molecular flexibility index (Phi) is 6.68. The minimum atomic E-state index is -2.96. The van der Waals surface area contributed by atoms with Crippen molar-refractivity contribution in [2.75, 3.05) is 6.61 Å². The summed E-state index contributed by atoms with van der Waals surface area (Å²) in [5.41, 5.74) is 0.435. The van der Waals surface area contributed by atoms with Crippen molar-refractivity contribution in [1.29, 1.82) is 0 Å². The Morgan fingerprint density at radius 2 is 1.72 bits per heavy atom. The number of alkyl halides is 2. The number of nitrogens with one attached hydrogen (secondary N) is 1. The van der Waals surface area contributed by atoms with Crippen LogP contribution in [0.4, 0.5) is 13.2 Å². The van der Waals surface area contributed by atoms with Crippen LogP contribution < -0.4 is 14.8 Å². The summed E-state index contributed by atoms with van der Waals surface area (Å²) < 4.78 is 48.1. The minimum absolute atomic E-state index is 0.000304. The number of amides is 1. The van der Waals surface area contributed by atoms with Gasteiger partial charge in [0, 0.05) is 5.56 Å². The fourth-order valence-corrected chi connectivity index (χ4v) is 2.31. The normalized spacial score (nSPS) is 11.9. The van der Waals surface area contributed by atoms with Gasteiger partial charge in [-0.25, -0.2) is 4.39 Å². The summed E-state index contributed by atoms with van der Waals surface area (Å²) in [6, 6.07) is 11.4. The van der Waals surface area contributed by atoms with Crippen molar-refractivity contribution >= 4 is 5.91 Å². The predicted octanol–water partition coefficient (Wildman–Crippen LogP) is 4.07. The summed E-state index contributed by atoms with van der Waals surface area (Å²) in [6.45, 7) is -1.56. The van der Waals surface area contributed by atoms with Crippen LogP contribution in [0.5, 0.6) is 11.5 Å². The first-order valence-electron chi connectivity index (χ1n) is 7.71. The van der Waals surface area contributed by atoms with E-state index in [9.17, 15) is 18.0 Å². The third-order valence-corrected chi connectivity index (χ3v) is 3.45. The summed E-state index contributed by atoms with van der Waals surface area (Å²) in [7, 11) is 0. The Bertz CT molecular complexity index is 709. The molecule has 0 saturated heterocycles. The van der Waals surface area contributed by atoms with Gasteiger partial charge in [0.1, 0.15) is 5.75 Å². The molecule has 1 unspecified atom stereocenters. The van der Waals surface area contributed by atoms with Crippen molar-refractivity contribution in [1.82, 2.24) is 5.32 Å². The van der Waals surface area contributed by atoms with E-state index in [4.69, 9.17) is 4.74 Å². The Balaban J connectivity index is 2.02. The Labute approximate surface area is 143 Å². The minimum Gasteiger partial charge on any atom is -0.481 e. The molecule has 1 atom stereocenters. The average Bonchev–Trinajstić information content (AvgIpc) is 2.59. The van der Waals surface area contributed by atoms with E-state index < -0.39 is 31.0 Å². The van der Waals surface area contributed by atoms with Crippen LogP contribution in [-0.4, -0.2) is 19.1 Å². The number of ether oxygens (including phenoxy) is 2. The van der Waals surface area contributed by atoms with Crippen molar-refractivity contribution in [2.24, 2.45) is 0 Å². The Morgan fingerprint density at radius 3 is 2.36 bits per heavy atom. The highest BCUT2D eigenvalue weighted by Crippen LogP contribution is 2.28. The maximum Gasteiger partial charge on any atom is 0.387 e. The van der Waals surface area contributed by atoms with Gasteiger partial charge in [0.15, 0.2) is 18.2 Å². The van der Waals surface area contributed by atoms with Gasteiger partial charge >= 0.3 is 6.61 Å². The van der Waals surface area contributed by atoms with E-state index in [0.717, 1.165) is 0 Å². The first-order valence-corrected chi connectivity index (χ1v) is 7.71. The van der Waals surface area contributed by atoms with Gasteiger partial charge in [0.05, 0.1) is 6.04 Å². The molecule has 0 saturated carbocycles. The first kappa shape index (κ1) is 18.6. The van der Waals surface area contributed by atoms with Gasteiger partial charge in [0.2, 0.25) is 0 Å². The predicted molar refractivity (Wildman–Crippen MR) is 86.1 cm³/mol.